The molecule has 0 aliphatic rings. The first-order valence-corrected chi connectivity index (χ1v) is 31.0. The average molecular weight is 961 g/mol. The second-order valence-corrected chi connectivity index (χ2v) is 21.4. The molecule has 0 spiro atoms. The van der Waals surface area contributed by atoms with Gasteiger partial charge in [-0.2, -0.15) is 0 Å². The molecule has 0 aromatic heterocycles. The van der Waals surface area contributed by atoms with E-state index in [0.717, 1.165) is 38.5 Å². The van der Waals surface area contributed by atoms with E-state index in [2.05, 4.69) is 19.2 Å². The third kappa shape index (κ3) is 53.9. The van der Waals surface area contributed by atoms with Gasteiger partial charge in [0.15, 0.2) is 0 Å². The van der Waals surface area contributed by atoms with Gasteiger partial charge >= 0.3 is 5.97 Å². The number of carbonyl (C=O) groups excluding carboxylic acids is 2. The molecule has 0 aromatic carbocycles. The van der Waals surface area contributed by atoms with Crippen molar-refractivity contribution in [3.05, 3.63) is 12.2 Å². The number of rotatable bonds is 58. The summed E-state index contributed by atoms with van der Waals surface area (Å²) in [5.41, 5.74) is 0. The monoisotopic (exact) mass is 960 g/mol. The fourth-order valence-electron chi connectivity index (χ4n) is 9.81. The molecule has 0 saturated carbocycles. The summed E-state index contributed by atoms with van der Waals surface area (Å²) in [5.74, 6) is -0.0454. The molecule has 2 atom stereocenters. The Morgan fingerprint density at radius 1 is 0.397 bits per heavy atom. The highest BCUT2D eigenvalue weighted by molar-refractivity contribution is 5.76. The number of amides is 1. The Bertz CT molecular complexity index is 1020. The Morgan fingerprint density at radius 3 is 1.00 bits per heavy atom. The van der Waals surface area contributed by atoms with Crippen molar-refractivity contribution in [2.24, 2.45) is 0 Å². The maximum absolute atomic E-state index is 12.4. The molecule has 0 radical (unpaired) electrons. The van der Waals surface area contributed by atoms with Crippen LogP contribution in [0.2, 0.25) is 0 Å². The number of esters is 1. The summed E-state index contributed by atoms with van der Waals surface area (Å²) in [7, 11) is 0. The maximum Gasteiger partial charge on any atom is 0.305 e. The average Bonchev–Trinajstić information content (AvgIpc) is 3.34. The molecule has 404 valence electrons. The van der Waals surface area contributed by atoms with Crippen LogP contribution >= 0.6 is 0 Å². The number of allylic oxidation sites excluding steroid dienone is 1. The predicted molar refractivity (Wildman–Crippen MR) is 297 cm³/mol. The van der Waals surface area contributed by atoms with E-state index in [4.69, 9.17) is 4.74 Å². The van der Waals surface area contributed by atoms with Crippen LogP contribution < -0.4 is 5.32 Å². The first-order valence-electron chi connectivity index (χ1n) is 31.0. The first kappa shape index (κ1) is 66.6. The Hall–Kier alpha value is -1.40. The van der Waals surface area contributed by atoms with Crippen molar-refractivity contribution < 1.29 is 24.5 Å². The van der Waals surface area contributed by atoms with Crippen LogP contribution in [0.1, 0.15) is 348 Å². The minimum absolute atomic E-state index is 0.0203. The van der Waals surface area contributed by atoms with Gasteiger partial charge in [-0.1, -0.05) is 315 Å². The standard InChI is InChI=1S/C62H121NO5/c1-3-5-7-9-11-13-15-16-33-36-40-44-48-52-56-62(67)68-57-53-49-45-41-37-34-31-29-27-25-23-21-19-17-18-20-22-24-26-28-30-32-35-39-43-47-51-55-61(66)63-59(58-64)60(65)54-50-46-42-38-14-12-10-8-6-4-2/h50,54,59-60,64-65H,3-49,51-53,55-58H2,1-2H3,(H,63,66)/b54-50+. The zero-order valence-electron chi connectivity index (χ0n) is 46.1. The number of nitrogens with one attached hydrogen (secondary N) is 1. The van der Waals surface area contributed by atoms with E-state index in [0.29, 0.717) is 19.4 Å². The normalized spacial score (nSPS) is 12.6. The van der Waals surface area contributed by atoms with Crippen LogP contribution in [0.25, 0.3) is 0 Å². The van der Waals surface area contributed by atoms with E-state index in [1.807, 2.05) is 6.08 Å². The first-order chi connectivity index (χ1) is 33.5. The molecule has 1 amide bonds. The molecular formula is C62H121NO5. The van der Waals surface area contributed by atoms with Crippen LogP contribution in [-0.4, -0.2) is 47.4 Å². The van der Waals surface area contributed by atoms with Crippen molar-refractivity contribution in [3.8, 4) is 0 Å². The Morgan fingerprint density at radius 2 is 0.676 bits per heavy atom. The van der Waals surface area contributed by atoms with Crippen molar-refractivity contribution in [3.63, 3.8) is 0 Å². The third-order valence-electron chi connectivity index (χ3n) is 14.6. The molecular weight excluding hydrogens is 839 g/mol. The topological polar surface area (TPSA) is 95.9 Å². The minimum atomic E-state index is -0.839. The molecule has 2 unspecified atom stereocenters. The molecule has 0 rings (SSSR count). The van der Waals surface area contributed by atoms with Crippen LogP contribution in [0.5, 0.6) is 0 Å². The van der Waals surface area contributed by atoms with Gasteiger partial charge in [0.25, 0.3) is 0 Å². The Balaban J connectivity index is 3.32. The number of aliphatic hydroxyl groups is 2. The molecule has 0 saturated heterocycles. The highest BCUT2D eigenvalue weighted by Gasteiger charge is 2.18. The zero-order valence-corrected chi connectivity index (χ0v) is 46.1. The third-order valence-corrected chi connectivity index (χ3v) is 14.6. The van der Waals surface area contributed by atoms with Gasteiger partial charge < -0.3 is 20.3 Å². The lowest BCUT2D eigenvalue weighted by atomic mass is 10.0. The molecule has 0 bridgehead atoms. The van der Waals surface area contributed by atoms with Crippen molar-refractivity contribution in [1.29, 1.82) is 0 Å². The lowest BCUT2D eigenvalue weighted by molar-refractivity contribution is -0.143. The summed E-state index contributed by atoms with van der Waals surface area (Å²) in [6.45, 7) is 4.91. The second-order valence-electron chi connectivity index (χ2n) is 21.4. The van der Waals surface area contributed by atoms with E-state index >= 15 is 0 Å². The minimum Gasteiger partial charge on any atom is -0.466 e. The van der Waals surface area contributed by atoms with Gasteiger partial charge in [-0.15, -0.1) is 0 Å². The van der Waals surface area contributed by atoms with E-state index in [-0.39, 0.29) is 18.5 Å². The van der Waals surface area contributed by atoms with Crippen LogP contribution in [0.3, 0.4) is 0 Å². The predicted octanol–water partition coefficient (Wildman–Crippen LogP) is 19.2. The number of hydrogen-bond donors (Lipinski definition) is 3. The van der Waals surface area contributed by atoms with Crippen molar-refractivity contribution in [1.82, 2.24) is 5.32 Å². The van der Waals surface area contributed by atoms with E-state index in [1.165, 1.54) is 283 Å². The van der Waals surface area contributed by atoms with Gasteiger partial charge in [0.1, 0.15) is 0 Å². The second kappa shape index (κ2) is 58.2. The van der Waals surface area contributed by atoms with Gasteiger partial charge in [0, 0.05) is 12.8 Å². The van der Waals surface area contributed by atoms with Gasteiger partial charge in [0.2, 0.25) is 5.91 Å². The van der Waals surface area contributed by atoms with E-state index in [1.54, 1.807) is 6.08 Å². The molecule has 0 aliphatic heterocycles. The fourth-order valence-corrected chi connectivity index (χ4v) is 9.81. The number of ether oxygens (including phenoxy) is 1. The van der Waals surface area contributed by atoms with Crippen LogP contribution in [0, 0.1) is 0 Å². The summed E-state index contributed by atoms with van der Waals surface area (Å²) in [4.78, 5) is 24.5. The molecule has 6 nitrogen and oxygen atoms in total. The molecule has 3 N–H and O–H groups in total. The van der Waals surface area contributed by atoms with Gasteiger partial charge in [-0.3, -0.25) is 9.59 Å². The molecule has 0 aliphatic carbocycles. The zero-order chi connectivity index (χ0) is 49.3. The number of unbranched alkanes of at least 4 members (excludes halogenated alkanes) is 47. The molecule has 6 heteroatoms. The van der Waals surface area contributed by atoms with Crippen molar-refractivity contribution >= 4 is 11.9 Å². The summed E-state index contributed by atoms with van der Waals surface area (Å²) < 4.78 is 5.49. The SMILES string of the molecule is CCCCCCCCCC/C=C/C(O)C(CO)NC(=O)CCCCCCCCCCCCCCCCCCCCCCCCCCCCCOC(=O)CCCCCCCCCCCCCCCC. The fraction of sp³-hybridized carbons (Fsp3) is 0.935. The number of hydrogen-bond acceptors (Lipinski definition) is 5. The highest BCUT2D eigenvalue weighted by atomic mass is 16.5. The lowest BCUT2D eigenvalue weighted by Crippen LogP contribution is -2.45. The van der Waals surface area contributed by atoms with E-state index in [9.17, 15) is 19.8 Å². The summed E-state index contributed by atoms with van der Waals surface area (Å²) >= 11 is 0. The summed E-state index contributed by atoms with van der Waals surface area (Å²) in [6, 6.07) is -0.623. The van der Waals surface area contributed by atoms with Gasteiger partial charge in [0.05, 0.1) is 25.4 Å². The summed E-state index contributed by atoms with van der Waals surface area (Å²) in [5, 5.41) is 23.0. The molecule has 0 fully saturated rings. The quantitative estimate of drug-likeness (QED) is 0.0321. The molecule has 0 heterocycles. The molecule has 68 heavy (non-hydrogen) atoms. The van der Waals surface area contributed by atoms with Crippen LogP contribution in [0.4, 0.5) is 0 Å². The van der Waals surface area contributed by atoms with Gasteiger partial charge in [-0.05, 0) is 32.1 Å². The highest BCUT2D eigenvalue weighted by Crippen LogP contribution is 2.18. The molecule has 0 aromatic rings. The van der Waals surface area contributed by atoms with Crippen LogP contribution in [0.15, 0.2) is 12.2 Å². The Kier molecular flexibility index (Phi) is 57.0. The Labute approximate surface area is 425 Å². The van der Waals surface area contributed by atoms with Crippen LogP contribution in [-0.2, 0) is 14.3 Å². The van der Waals surface area contributed by atoms with Crippen molar-refractivity contribution in [2.75, 3.05) is 13.2 Å². The van der Waals surface area contributed by atoms with E-state index < -0.39 is 12.1 Å². The summed E-state index contributed by atoms with van der Waals surface area (Å²) in [6.07, 6.45) is 69.8. The lowest BCUT2D eigenvalue weighted by Gasteiger charge is -2.20. The number of aliphatic hydroxyl groups excluding tert-OH is 2. The number of carbonyl (C=O) groups is 2. The largest absolute Gasteiger partial charge is 0.466 e. The smallest absolute Gasteiger partial charge is 0.305 e. The maximum atomic E-state index is 12.4. The van der Waals surface area contributed by atoms with Crippen molar-refractivity contribution in [2.45, 2.75) is 360 Å². The van der Waals surface area contributed by atoms with Gasteiger partial charge in [-0.25, -0.2) is 0 Å².